The van der Waals surface area contributed by atoms with Gasteiger partial charge >= 0.3 is 0 Å². The highest BCUT2D eigenvalue weighted by atomic mass is 35.5. The molecule has 1 aromatic carbocycles. The van der Waals surface area contributed by atoms with Crippen LogP contribution < -0.4 is 5.32 Å². The van der Waals surface area contributed by atoms with E-state index >= 15 is 0 Å². The molecule has 0 atom stereocenters. The first kappa shape index (κ1) is 16.1. The zero-order valence-corrected chi connectivity index (χ0v) is 13.4. The molecule has 1 N–H and O–H groups in total. The first-order chi connectivity index (χ1) is 10.2. The summed E-state index contributed by atoms with van der Waals surface area (Å²) < 4.78 is 11.5. The lowest BCUT2D eigenvalue weighted by Gasteiger charge is -2.03. The molecule has 0 radical (unpaired) electrons. The summed E-state index contributed by atoms with van der Waals surface area (Å²) >= 11 is 5.85. The van der Waals surface area contributed by atoms with E-state index in [1.54, 1.807) is 0 Å². The van der Waals surface area contributed by atoms with Crippen LogP contribution in [0.2, 0.25) is 5.02 Å². The second kappa shape index (κ2) is 8.23. The molecule has 0 fully saturated rings. The quantitative estimate of drug-likeness (QED) is 0.731. The molecule has 114 valence electrons. The normalized spacial score (nSPS) is 11.0. The highest BCUT2D eigenvalue weighted by Gasteiger charge is 2.07. The molecule has 3 nitrogen and oxygen atoms in total. The topological polar surface area (TPSA) is 34.4 Å². The highest BCUT2D eigenvalue weighted by molar-refractivity contribution is 6.30. The van der Waals surface area contributed by atoms with Crippen molar-refractivity contribution in [3.63, 3.8) is 0 Å². The number of aryl methyl sites for hydroxylation is 1. The second-order valence-corrected chi connectivity index (χ2v) is 5.55. The number of nitrogens with one attached hydrogen (secondary N) is 1. The SMILES string of the molecule is CCCNCc1oc(COCc2ccc(Cl)cc2)cc1C. The van der Waals surface area contributed by atoms with Crippen LogP contribution in [-0.4, -0.2) is 6.54 Å². The molecule has 4 heteroatoms. The molecular formula is C17H22ClNO2. The van der Waals surface area contributed by atoms with Gasteiger partial charge in [-0.05, 0) is 49.2 Å². The fourth-order valence-corrected chi connectivity index (χ4v) is 2.19. The summed E-state index contributed by atoms with van der Waals surface area (Å²) in [6.45, 7) is 7.03. The van der Waals surface area contributed by atoms with Gasteiger partial charge in [0, 0.05) is 5.02 Å². The molecule has 0 saturated carbocycles. The van der Waals surface area contributed by atoms with Crippen LogP contribution >= 0.6 is 11.6 Å². The molecule has 2 rings (SSSR count). The van der Waals surface area contributed by atoms with Crippen LogP contribution in [0.3, 0.4) is 0 Å². The third-order valence-electron chi connectivity index (χ3n) is 3.21. The molecule has 21 heavy (non-hydrogen) atoms. The molecule has 1 heterocycles. The summed E-state index contributed by atoms with van der Waals surface area (Å²) in [4.78, 5) is 0. The van der Waals surface area contributed by atoms with Crippen LogP contribution in [0, 0.1) is 6.92 Å². The molecule has 0 unspecified atom stereocenters. The zero-order chi connectivity index (χ0) is 15.1. The Morgan fingerprint density at radius 2 is 1.95 bits per heavy atom. The van der Waals surface area contributed by atoms with E-state index in [2.05, 4.69) is 19.2 Å². The monoisotopic (exact) mass is 307 g/mol. The first-order valence-corrected chi connectivity index (χ1v) is 7.68. The third kappa shape index (κ3) is 5.20. The van der Waals surface area contributed by atoms with Gasteiger partial charge in [0.2, 0.25) is 0 Å². The molecule has 1 aromatic heterocycles. The van der Waals surface area contributed by atoms with E-state index in [-0.39, 0.29) is 0 Å². The lowest BCUT2D eigenvalue weighted by atomic mass is 10.2. The van der Waals surface area contributed by atoms with E-state index in [9.17, 15) is 0 Å². The predicted molar refractivity (Wildman–Crippen MR) is 85.4 cm³/mol. The minimum absolute atomic E-state index is 0.483. The van der Waals surface area contributed by atoms with Gasteiger partial charge < -0.3 is 14.5 Å². The molecule has 0 bridgehead atoms. The number of halogens is 1. The summed E-state index contributed by atoms with van der Waals surface area (Å²) in [7, 11) is 0. The second-order valence-electron chi connectivity index (χ2n) is 5.11. The summed E-state index contributed by atoms with van der Waals surface area (Å²) in [6, 6.07) is 9.72. The lowest BCUT2D eigenvalue weighted by molar-refractivity contribution is 0.0920. The van der Waals surface area contributed by atoms with Gasteiger partial charge in [-0.3, -0.25) is 0 Å². The Morgan fingerprint density at radius 1 is 1.19 bits per heavy atom. The van der Waals surface area contributed by atoms with Gasteiger partial charge in [-0.15, -0.1) is 0 Å². The minimum atomic E-state index is 0.483. The summed E-state index contributed by atoms with van der Waals surface area (Å²) in [6.07, 6.45) is 1.12. The van der Waals surface area contributed by atoms with Gasteiger partial charge in [0.15, 0.2) is 0 Å². The number of rotatable bonds is 8. The summed E-state index contributed by atoms with van der Waals surface area (Å²) in [5.41, 5.74) is 2.27. The van der Waals surface area contributed by atoms with Crippen molar-refractivity contribution in [1.29, 1.82) is 0 Å². The molecule has 0 aliphatic heterocycles. The Hall–Kier alpha value is -1.29. The van der Waals surface area contributed by atoms with E-state index < -0.39 is 0 Å². The van der Waals surface area contributed by atoms with Crippen molar-refractivity contribution in [3.05, 3.63) is 58.0 Å². The standard InChI is InChI=1S/C17H22ClNO2/c1-3-8-19-10-17-13(2)9-16(21-17)12-20-11-14-4-6-15(18)7-5-14/h4-7,9,19H,3,8,10-12H2,1-2H3. The number of hydrogen-bond donors (Lipinski definition) is 1. The van der Waals surface area contributed by atoms with Crippen molar-refractivity contribution in [2.24, 2.45) is 0 Å². The number of benzene rings is 1. The Labute approximate surface area is 131 Å². The van der Waals surface area contributed by atoms with Gasteiger partial charge in [-0.25, -0.2) is 0 Å². The smallest absolute Gasteiger partial charge is 0.130 e. The molecule has 0 spiro atoms. The van der Waals surface area contributed by atoms with Crippen LogP contribution in [0.5, 0.6) is 0 Å². The number of furan rings is 1. The number of ether oxygens (including phenoxy) is 1. The van der Waals surface area contributed by atoms with Crippen molar-refractivity contribution >= 4 is 11.6 Å². The van der Waals surface area contributed by atoms with Crippen LogP contribution in [0.15, 0.2) is 34.7 Å². The first-order valence-electron chi connectivity index (χ1n) is 7.30. The molecule has 0 amide bonds. The zero-order valence-electron chi connectivity index (χ0n) is 12.6. The summed E-state index contributed by atoms with van der Waals surface area (Å²) in [5, 5.41) is 4.09. The van der Waals surface area contributed by atoms with E-state index in [1.807, 2.05) is 30.3 Å². The molecule has 0 aliphatic rings. The maximum atomic E-state index is 5.85. The van der Waals surface area contributed by atoms with Crippen LogP contribution in [0.4, 0.5) is 0 Å². The van der Waals surface area contributed by atoms with E-state index in [4.69, 9.17) is 20.8 Å². The van der Waals surface area contributed by atoms with E-state index in [1.165, 1.54) is 5.56 Å². The van der Waals surface area contributed by atoms with Gasteiger partial charge in [0.1, 0.15) is 18.1 Å². The van der Waals surface area contributed by atoms with Crippen molar-refractivity contribution in [1.82, 2.24) is 5.32 Å². The maximum absolute atomic E-state index is 5.85. The molecule has 0 aliphatic carbocycles. The average molecular weight is 308 g/mol. The summed E-state index contributed by atoms with van der Waals surface area (Å²) in [5.74, 6) is 1.86. The van der Waals surface area contributed by atoms with Crippen LogP contribution in [0.25, 0.3) is 0 Å². The Balaban J connectivity index is 1.80. The highest BCUT2D eigenvalue weighted by Crippen LogP contribution is 2.16. The van der Waals surface area contributed by atoms with Crippen molar-refractivity contribution < 1.29 is 9.15 Å². The van der Waals surface area contributed by atoms with Crippen LogP contribution in [-0.2, 0) is 24.5 Å². The van der Waals surface area contributed by atoms with E-state index in [0.29, 0.717) is 13.2 Å². The van der Waals surface area contributed by atoms with Gasteiger partial charge in [0.25, 0.3) is 0 Å². The maximum Gasteiger partial charge on any atom is 0.130 e. The fourth-order valence-electron chi connectivity index (χ4n) is 2.07. The molecule has 2 aromatic rings. The van der Waals surface area contributed by atoms with Gasteiger partial charge in [-0.1, -0.05) is 30.7 Å². The van der Waals surface area contributed by atoms with Gasteiger partial charge in [-0.2, -0.15) is 0 Å². The minimum Gasteiger partial charge on any atom is -0.462 e. The Bertz CT molecular complexity index is 548. The Morgan fingerprint density at radius 3 is 2.67 bits per heavy atom. The van der Waals surface area contributed by atoms with Crippen LogP contribution in [0.1, 0.15) is 36.0 Å². The Kier molecular flexibility index (Phi) is 6.30. The predicted octanol–water partition coefficient (Wildman–Crippen LogP) is 4.46. The molecular weight excluding hydrogens is 286 g/mol. The van der Waals surface area contributed by atoms with Crippen molar-refractivity contribution in [3.8, 4) is 0 Å². The van der Waals surface area contributed by atoms with Crippen molar-refractivity contribution in [2.75, 3.05) is 6.54 Å². The van der Waals surface area contributed by atoms with E-state index in [0.717, 1.165) is 41.6 Å². The largest absolute Gasteiger partial charge is 0.462 e. The average Bonchev–Trinajstić information content (AvgIpc) is 2.82. The van der Waals surface area contributed by atoms with Crippen molar-refractivity contribution in [2.45, 2.75) is 40.0 Å². The van der Waals surface area contributed by atoms with Gasteiger partial charge in [0.05, 0.1) is 13.2 Å². The molecule has 0 saturated heterocycles. The number of hydrogen-bond acceptors (Lipinski definition) is 3. The third-order valence-corrected chi connectivity index (χ3v) is 3.46. The lowest BCUT2D eigenvalue weighted by Crippen LogP contribution is -2.13. The fraction of sp³-hybridized carbons (Fsp3) is 0.412.